The second-order valence-electron chi connectivity index (χ2n) is 14.1. The highest BCUT2D eigenvalue weighted by Gasteiger charge is 2.20. The Morgan fingerprint density at radius 3 is 1.44 bits per heavy atom. The maximum Gasteiger partial charge on any atom is 0.0546 e. The Kier molecular flexibility index (Phi) is 8.24. The zero-order valence-electron chi connectivity index (χ0n) is 30.3. The molecule has 0 saturated heterocycles. The van der Waals surface area contributed by atoms with Crippen LogP contribution in [0.15, 0.2) is 224 Å². The molecule has 0 spiro atoms. The largest absolute Gasteiger partial charge is 0.310 e. The van der Waals surface area contributed by atoms with Crippen molar-refractivity contribution in [1.82, 2.24) is 0 Å². The van der Waals surface area contributed by atoms with Crippen LogP contribution >= 0.6 is 0 Å². The molecule has 0 aliphatic heterocycles. The van der Waals surface area contributed by atoms with E-state index in [1.165, 1.54) is 76.8 Å². The summed E-state index contributed by atoms with van der Waals surface area (Å²) in [5.41, 5.74) is 12.9. The Balaban J connectivity index is 1.19. The molecular weight excluding hydrogens is 663 g/mol. The predicted octanol–water partition coefficient (Wildman–Crippen LogP) is 15.3. The van der Waals surface area contributed by atoms with Crippen molar-refractivity contribution in [2.24, 2.45) is 0 Å². The molecule has 10 aromatic rings. The second kappa shape index (κ2) is 14.0. The third-order valence-corrected chi connectivity index (χ3v) is 10.9. The van der Waals surface area contributed by atoms with Crippen LogP contribution in [-0.2, 0) is 0 Å². The highest BCUT2D eigenvalue weighted by molar-refractivity contribution is 6.14. The molecule has 55 heavy (non-hydrogen) atoms. The molecule has 0 fully saturated rings. The van der Waals surface area contributed by atoms with Crippen LogP contribution in [0.1, 0.15) is 0 Å². The summed E-state index contributed by atoms with van der Waals surface area (Å²) in [5.74, 6) is 0. The summed E-state index contributed by atoms with van der Waals surface area (Å²) in [6.45, 7) is 0. The minimum Gasteiger partial charge on any atom is -0.310 e. The third-order valence-electron chi connectivity index (χ3n) is 10.9. The van der Waals surface area contributed by atoms with Gasteiger partial charge >= 0.3 is 0 Å². The van der Waals surface area contributed by atoms with E-state index < -0.39 is 0 Å². The highest BCUT2D eigenvalue weighted by Crippen LogP contribution is 2.45. The number of nitrogens with zero attached hydrogens (tertiary/aromatic N) is 1. The smallest absolute Gasteiger partial charge is 0.0546 e. The summed E-state index contributed by atoms with van der Waals surface area (Å²) < 4.78 is 0. The number of hydrogen-bond donors (Lipinski definition) is 0. The van der Waals surface area contributed by atoms with Crippen LogP contribution in [0.25, 0.3) is 76.8 Å². The number of anilines is 3. The van der Waals surface area contributed by atoms with E-state index in [0.717, 1.165) is 17.1 Å². The van der Waals surface area contributed by atoms with Crippen LogP contribution < -0.4 is 4.90 Å². The number of benzene rings is 10. The van der Waals surface area contributed by atoms with Gasteiger partial charge in [0.15, 0.2) is 0 Å². The first-order chi connectivity index (χ1) is 27.3. The van der Waals surface area contributed by atoms with Gasteiger partial charge in [0.05, 0.1) is 5.69 Å². The van der Waals surface area contributed by atoms with Crippen LogP contribution in [0.5, 0.6) is 0 Å². The fourth-order valence-electron chi connectivity index (χ4n) is 8.17. The summed E-state index contributed by atoms with van der Waals surface area (Å²) in [6, 6.07) is 81.5. The van der Waals surface area contributed by atoms with E-state index in [1.807, 2.05) is 0 Å². The normalized spacial score (nSPS) is 11.3. The Labute approximate surface area is 322 Å². The molecule has 10 aromatic carbocycles. The van der Waals surface area contributed by atoms with E-state index in [2.05, 4.69) is 229 Å². The summed E-state index contributed by atoms with van der Waals surface area (Å²) in [5, 5.41) is 7.53. The van der Waals surface area contributed by atoms with Crippen molar-refractivity contribution in [2.75, 3.05) is 4.90 Å². The van der Waals surface area contributed by atoms with E-state index in [4.69, 9.17) is 0 Å². The molecule has 0 heterocycles. The highest BCUT2D eigenvalue weighted by atomic mass is 15.1. The molecular formula is C54H37N. The molecule has 0 aliphatic carbocycles. The first-order valence-corrected chi connectivity index (χ1v) is 18.9. The summed E-state index contributed by atoms with van der Waals surface area (Å²) in [7, 11) is 0. The van der Waals surface area contributed by atoms with Crippen LogP contribution in [0.3, 0.4) is 0 Å². The predicted molar refractivity (Wildman–Crippen MR) is 235 cm³/mol. The minimum atomic E-state index is 1.09. The van der Waals surface area contributed by atoms with Crippen molar-refractivity contribution in [2.45, 2.75) is 0 Å². The molecule has 0 atom stereocenters. The average molecular weight is 700 g/mol. The van der Waals surface area contributed by atoms with E-state index in [-0.39, 0.29) is 0 Å². The molecule has 0 bridgehead atoms. The molecule has 0 radical (unpaired) electrons. The molecule has 258 valence electrons. The zero-order valence-corrected chi connectivity index (χ0v) is 30.3. The average Bonchev–Trinajstić information content (AvgIpc) is 3.27. The van der Waals surface area contributed by atoms with Crippen molar-refractivity contribution in [3.8, 4) is 44.5 Å². The molecule has 10 rings (SSSR count). The van der Waals surface area contributed by atoms with Crippen LogP contribution in [-0.4, -0.2) is 0 Å². The summed E-state index contributed by atoms with van der Waals surface area (Å²) in [4.78, 5) is 2.43. The molecule has 0 aromatic heterocycles. The van der Waals surface area contributed by atoms with Gasteiger partial charge in [0.1, 0.15) is 0 Å². The Morgan fingerprint density at radius 1 is 0.236 bits per heavy atom. The lowest BCUT2D eigenvalue weighted by Gasteiger charge is -2.29. The SMILES string of the molecule is c1ccc(-c2ccc(N(c3ccc(-c4cccc5ccccc45)cc3)c3cc(-c4cc5ccccc5c5ccccc45)ccc3-c3ccccc3)cc2)cc1. The molecule has 1 heteroatoms. The van der Waals surface area contributed by atoms with Crippen LogP contribution in [0.2, 0.25) is 0 Å². The first-order valence-electron chi connectivity index (χ1n) is 18.9. The van der Waals surface area contributed by atoms with Gasteiger partial charge in [-0.1, -0.05) is 188 Å². The fourth-order valence-corrected chi connectivity index (χ4v) is 8.17. The van der Waals surface area contributed by atoms with Gasteiger partial charge in [-0.2, -0.15) is 0 Å². The van der Waals surface area contributed by atoms with Crippen LogP contribution in [0.4, 0.5) is 17.1 Å². The molecule has 0 amide bonds. The van der Waals surface area contributed by atoms with Gasteiger partial charge in [-0.25, -0.2) is 0 Å². The van der Waals surface area contributed by atoms with E-state index in [9.17, 15) is 0 Å². The molecule has 0 aliphatic rings. The topological polar surface area (TPSA) is 3.24 Å². The third kappa shape index (κ3) is 6.02. The number of rotatable bonds is 7. The quantitative estimate of drug-likeness (QED) is 0.150. The van der Waals surface area contributed by atoms with Crippen molar-refractivity contribution in [1.29, 1.82) is 0 Å². The van der Waals surface area contributed by atoms with Crippen molar-refractivity contribution >= 4 is 49.4 Å². The van der Waals surface area contributed by atoms with Gasteiger partial charge < -0.3 is 4.90 Å². The van der Waals surface area contributed by atoms with Gasteiger partial charge in [-0.15, -0.1) is 0 Å². The van der Waals surface area contributed by atoms with Gasteiger partial charge in [0, 0.05) is 16.9 Å². The Bertz CT molecular complexity index is 2940. The first kappa shape index (κ1) is 32.4. The fraction of sp³-hybridized carbons (Fsp3) is 0. The molecule has 0 N–H and O–H groups in total. The standard InChI is InChI=1S/C54H37N/c1-3-14-38(15-4-1)39-26-31-45(32-27-39)55(46-33-28-42(29-34-46)48-25-13-20-40-18-7-9-21-47(40)48)54-37-44(30-35-50(54)41-16-5-2-6-17-41)53-36-43-19-8-10-22-49(43)51-23-11-12-24-52(51)53/h1-37H. The number of hydrogen-bond acceptors (Lipinski definition) is 1. The monoisotopic (exact) mass is 699 g/mol. The molecule has 0 unspecified atom stereocenters. The molecule has 1 nitrogen and oxygen atoms in total. The zero-order chi connectivity index (χ0) is 36.6. The summed E-state index contributed by atoms with van der Waals surface area (Å²) >= 11 is 0. The van der Waals surface area contributed by atoms with E-state index >= 15 is 0 Å². The Hall–Kier alpha value is -7.22. The Morgan fingerprint density at radius 2 is 0.727 bits per heavy atom. The lowest BCUT2D eigenvalue weighted by molar-refractivity contribution is 1.28. The van der Waals surface area contributed by atoms with E-state index in [0.29, 0.717) is 0 Å². The van der Waals surface area contributed by atoms with Gasteiger partial charge in [-0.3, -0.25) is 0 Å². The van der Waals surface area contributed by atoms with Crippen molar-refractivity contribution in [3.05, 3.63) is 224 Å². The van der Waals surface area contributed by atoms with Gasteiger partial charge in [0.25, 0.3) is 0 Å². The maximum atomic E-state index is 2.43. The maximum absolute atomic E-state index is 2.43. The second-order valence-corrected chi connectivity index (χ2v) is 14.1. The van der Waals surface area contributed by atoms with Gasteiger partial charge in [0.2, 0.25) is 0 Å². The lowest BCUT2D eigenvalue weighted by atomic mass is 9.91. The minimum absolute atomic E-state index is 1.09. The van der Waals surface area contributed by atoms with Crippen molar-refractivity contribution < 1.29 is 0 Å². The van der Waals surface area contributed by atoms with Gasteiger partial charge in [-0.05, 0) is 108 Å². The lowest BCUT2D eigenvalue weighted by Crippen LogP contribution is -2.11. The number of fused-ring (bicyclic) bond motifs is 4. The summed E-state index contributed by atoms with van der Waals surface area (Å²) in [6.07, 6.45) is 0. The van der Waals surface area contributed by atoms with E-state index in [1.54, 1.807) is 0 Å². The van der Waals surface area contributed by atoms with Crippen molar-refractivity contribution in [3.63, 3.8) is 0 Å². The molecule has 0 saturated carbocycles. The van der Waals surface area contributed by atoms with Crippen LogP contribution in [0, 0.1) is 0 Å².